The number of rotatable bonds is 8. The maximum Gasteiger partial charge on any atom is 0.321 e. The van der Waals surface area contributed by atoms with Gasteiger partial charge in [0.15, 0.2) is 6.61 Å². The van der Waals surface area contributed by atoms with Gasteiger partial charge in [0.25, 0.3) is 5.91 Å². The van der Waals surface area contributed by atoms with Crippen molar-refractivity contribution < 1.29 is 28.3 Å². The molecular formula is C21H26N2O6. The molecular weight excluding hydrogens is 376 g/mol. The summed E-state index contributed by atoms with van der Waals surface area (Å²) in [5, 5.41) is 4.50. The lowest BCUT2D eigenvalue weighted by atomic mass is 9.87. The third kappa shape index (κ3) is 8.08. The zero-order chi connectivity index (χ0) is 21.3. The van der Waals surface area contributed by atoms with E-state index in [1.807, 2.05) is 24.3 Å². The van der Waals surface area contributed by atoms with Crippen molar-refractivity contribution in [3.63, 3.8) is 0 Å². The minimum Gasteiger partial charge on any atom is -0.493 e. The van der Waals surface area contributed by atoms with Crippen LogP contribution in [0.15, 0.2) is 47.1 Å². The predicted octanol–water partition coefficient (Wildman–Crippen LogP) is 2.92. The molecule has 0 unspecified atom stereocenters. The van der Waals surface area contributed by atoms with Gasteiger partial charge in [-0.15, -0.1) is 0 Å². The highest BCUT2D eigenvalue weighted by Gasteiger charge is 2.14. The molecule has 1 heterocycles. The molecule has 0 aliphatic heterocycles. The van der Waals surface area contributed by atoms with Crippen LogP contribution >= 0.6 is 0 Å². The Morgan fingerprint density at radius 2 is 1.79 bits per heavy atom. The van der Waals surface area contributed by atoms with Crippen LogP contribution in [0.2, 0.25) is 0 Å². The second kappa shape index (κ2) is 10.3. The van der Waals surface area contributed by atoms with Crippen molar-refractivity contribution in [2.45, 2.75) is 39.2 Å². The van der Waals surface area contributed by atoms with Gasteiger partial charge >= 0.3 is 12.0 Å². The largest absolute Gasteiger partial charge is 0.493 e. The summed E-state index contributed by atoms with van der Waals surface area (Å²) < 4.78 is 15.4. The Morgan fingerprint density at radius 3 is 2.41 bits per heavy atom. The van der Waals surface area contributed by atoms with Crippen molar-refractivity contribution >= 4 is 17.9 Å². The van der Waals surface area contributed by atoms with Crippen LogP contribution in [0, 0.1) is 0 Å². The number of carbonyl (C=O) groups is 3. The summed E-state index contributed by atoms with van der Waals surface area (Å²) in [6.45, 7) is 6.08. The first-order valence-electron chi connectivity index (χ1n) is 9.23. The van der Waals surface area contributed by atoms with Crippen LogP contribution in [0.25, 0.3) is 0 Å². The fourth-order valence-electron chi connectivity index (χ4n) is 2.31. The number of hydrogen-bond acceptors (Lipinski definition) is 6. The molecule has 0 fully saturated rings. The van der Waals surface area contributed by atoms with Crippen molar-refractivity contribution in [3.05, 3.63) is 54.0 Å². The number of benzene rings is 1. The molecule has 0 spiro atoms. The van der Waals surface area contributed by atoms with Crippen LogP contribution in [0.1, 0.15) is 38.5 Å². The van der Waals surface area contributed by atoms with E-state index >= 15 is 0 Å². The van der Waals surface area contributed by atoms with Gasteiger partial charge in [0.05, 0.1) is 25.8 Å². The smallest absolute Gasteiger partial charge is 0.321 e. The van der Waals surface area contributed by atoms with Crippen molar-refractivity contribution in [1.82, 2.24) is 10.6 Å². The first kappa shape index (κ1) is 22.0. The first-order valence-corrected chi connectivity index (χ1v) is 9.23. The molecule has 0 bridgehead atoms. The highest BCUT2D eigenvalue weighted by molar-refractivity contribution is 5.95. The number of amides is 3. The highest BCUT2D eigenvalue weighted by atomic mass is 16.5. The summed E-state index contributed by atoms with van der Waals surface area (Å²) in [4.78, 5) is 34.9. The number of urea groups is 1. The summed E-state index contributed by atoms with van der Waals surface area (Å²) >= 11 is 0. The molecule has 0 aliphatic carbocycles. The summed E-state index contributed by atoms with van der Waals surface area (Å²) in [7, 11) is 0. The number of furan rings is 1. The second-order valence-corrected chi connectivity index (χ2v) is 7.34. The number of nitrogens with one attached hydrogen (secondary N) is 2. The van der Waals surface area contributed by atoms with Gasteiger partial charge in [-0.25, -0.2) is 4.79 Å². The Labute approximate surface area is 169 Å². The number of ether oxygens (including phenoxy) is 2. The molecule has 1 aromatic heterocycles. The van der Waals surface area contributed by atoms with E-state index in [0.29, 0.717) is 11.5 Å². The summed E-state index contributed by atoms with van der Waals surface area (Å²) in [6.07, 6.45) is 1.46. The number of hydrogen-bond donors (Lipinski definition) is 2. The summed E-state index contributed by atoms with van der Waals surface area (Å²) in [5.74, 6) is -0.125. The third-order valence-electron chi connectivity index (χ3n) is 3.92. The number of imide groups is 1. The van der Waals surface area contributed by atoms with Gasteiger partial charge in [-0.3, -0.25) is 14.9 Å². The van der Waals surface area contributed by atoms with Crippen molar-refractivity contribution in [2.24, 2.45) is 0 Å². The molecule has 3 amide bonds. The molecule has 156 valence electrons. The Balaban J connectivity index is 1.60. The van der Waals surface area contributed by atoms with E-state index in [4.69, 9.17) is 13.9 Å². The molecule has 8 nitrogen and oxygen atoms in total. The minimum absolute atomic E-state index is 0.0149. The highest BCUT2D eigenvalue weighted by Crippen LogP contribution is 2.24. The van der Waals surface area contributed by atoms with Gasteiger partial charge in [0.1, 0.15) is 11.5 Å². The Morgan fingerprint density at radius 1 is 1.07 bits per heavy atom. The predicted molar refractivity (Wildman–Crippen MR) is 105 cm³/mol. The van der Waals surface area contributed by atoms with E-state index in [0.717, 1.165) is 0 Å². The normalized spacial score (nSPS) is 10.9. The van der Waals surface area contributed by atoms with Crippen molar-refractivity contribution in [1.29, 1.82) is 0 Å². The van der Waals surface area contributed by atoms with Gasteiger partial charge in [0, 0.05) is 0 Å². The van der Waals surface area contributed by atoms with Gasteiger partial charge in [-0.2, -0.15) is 0 Å². The van der Waals surface area contributed by atoms with Gasteiger partial charge < -0.3 is 19.2 Å². The lowest BCUT2D eigenvalue weighted by molar-refractivity contribution is -0.148. The average Bonchev–Trinajstić information content (AvgIpc) is 3.18. The lowest BCUT2D eigenvalue weighted by Gasteiger charge is -2.19. The molecule has 0 saturated carbocycles. The lowest BCUT2D eigenvalue weighted by Crippen LogP contribution is -2.41. The third-order valence-corrected chi connectivity index (χ3v) is 3.92. The first-order chi connectivity index (χ1) is 13.7. The molecule has 0 atom stereocenters. The van der Waals surface area contributed by atoms with Gasteiger partial charge in [-0.05, 0) is 35.2 Å². The number of carbonyl (C=O) groups excluding carboxylic acids is 3. The molecule has 0 saturated heterocycles. The van der Waals surface area contributed by atoms with Crippen molar-refractivity contribution in [2.75, 3.05) is 13.2 Å². The van der Waals surface area contributed by atoms with E-state index in [1.54, 1.807) is 12.1 Å². The Bertz CT molecular complexity index is 807. The van der Waals surface area contributed by atoms with Gasteiger partial charge in [-0.1, -0.05) is 32.9 Å². The maximum atomic E-state index is 11.7. The van der Waals surface area contributed by atoms with Crippen LogP contribution < -0.4 is 15.4 Å². The van der Waals surface area contributed by atoms with Gasteiger partial charge in [0.2, 0.25) is 0 Å². The number of esters is 1. The average molecular weight is 402 g/mol. The quantitative estimate of drug-likeness (QED) is 0.658. The Hall–Kier alpha value is -3.29. The molecule has 0 aliphatic rings. The van der Waals surface area contributed by atoms with E-state index < -0.39 is 24.5 Å². The maximum absolute atomic E-state index is 11.7. The molecule has 2 rings (SSSR count). The molecule has 2 aromatic rings. The fourth-order valence-corrected chi connectivity index (χ4v) is 2.31. The summed E-state index contributed by atoms with van der Waals surface area (Å²) in [6, 6.07) is 10.3. The SMILES string of the molecule is CC(C)(C)c1ccc(OCCC(=O)OCC(=O)NC(=O)NCc2ccco2)cc1. The van der Waals surface area contributed by atoms with Crippen LogP contribution in [0.3, 0.4) is 0 Å². The molecule has 8 heteroatoms. The summed E-state index contributed by atoms with van der Waals surface area (Å²) in [5.41, 5.74) is 1.24. The van der Waals surface area contributed by atoms with Crippen LogP contribution in [0.5, 0.6) is 5.75 Å². The van der Waals surface area contributed by atoms with Crippen molar-refractivity contribution in [3.8, 4) is 5.75 Å². The van der Waals surface area contributed by atoms with E-state index in [2.05, 4.69) is 31.4 Å². The minimum atomic E-state index is -0.728. The topological polar surface area (TPSA) is 107 Å². The molecule has 29 heavy (non-hydrogen) atoms. The zero-order valence-corrected chi connectivity index (χ0v) is 16.8. The molecule has 1 aromatic carbocycles. The second-order valence-electron chi connectivity index (χ2n) is 7.34. The fraction of sp³-hybridized carbons (Fsp3) is 0.381. The van der Waals surface area contributed by atoms with Crippen LogP contribution in [-0.4, -0.2) is 31.1 Å². The van der Waals surface area contributed by atoms with E-state index in [9.17, 15) is 14.4 Å². The standard InChI is InChI=1S/C21H26N2O6/c1-21(2,3)15-6-8-16(9-7-15)28-12-10-19(25)29-14-18(24)23-20(26)22-13-17-5-4-11-27-17/h4-9,11H,10,12-14H2,1-3H3,(H2,22,23,24,26). The van der Waals surface area contributed by atoms with E-state index in [1.165, 1.54) is 11.8 Å². The Kier molecular flexibility index (Phi) is 7.82. The van der Waals surface area contributed by atoms with E-state index in [-0.39, 0.29) is 25.0 Å². The molecule has 2 N–H and O–H groups in total. The van der Waals surface area contributed by atoms with Crippen LogP contribution in [-0.2, 0) is 26.3 Å². The molecule has 0 radical (unpaired) electrons. The van der Waals surface area contributed by atoms with Crippen LogP contribution in [0.4, 0.5) is 4.79 Å². The monoisotopic (exact) mass is 402 g/mol. The zero-order valence-electron chi connectivity index (χ0n) is 16.8.